The molecule has 0 atom stereocenters. The number of anilines is 3. The predicted molar refractivity (Wildman–Crippen MR) is 119 cm³/mol. The first-order valence-corrected chi connectivity index (χ1v) is 11.0. The molecule has 0 heterocycles. The summed E-state index contributed by atoms with van der Waals surface area (Å²) in [6.07, 6.45) is 0. The standard InChI is InChI=1S/C24H16N2O5S.Na/c25-22-19(32(29,30)31)12-18(26-15-10-9-13-5-1-2-6-14(13)11-15)20-21(22)24(28)17-8-4-3-7-16(17)23(20)27;/h1-12,26H,25H2,(H,29,30,31);/q;+1/p-1. The van der Waals surface area contributed by atoms with Crippen LogP contribution in [0.4, 0.5) is 17.1 Å². The molecule has 0 bridgehead atoms. The van der Waals surface area contributed by atoms with Crippen molar-refractivity contribution >= 4 is 49.5 Å². The van der Waals surface area contributed by atoms with Gasteiger partial charge in [-0.25, -0.2) is 8.42 Å². The quantitative estimate of drug-likeness (QED) is 0.229. The minimum absolute atomic E-state index is 0. The molecular formula is C24H15N2NaO5S. The molecule has 0 spiro atoms. The molecule has 4 aromatic rings. The van der Waals surface area contributed by atoms with E-state index in [0.29, 0.717) is 5.69 Å². The summed E-state index contributed by atoms with van der Waals surface area (Å²) < 4.78 is 35.7. The summed E-state index contributed by atoms with van der Waals surface area (Å²) in [7, 11) is -5.01. The van der Waals surface area contributed by atoms with Gasteiger partial charge in [-0.1, -0.05) is 54.6 Å². The van der Waals surface area contributed by atoms with Gasteiger partial charge < -0.3 is 15.6 Å². The van der Waals surface area contributed by atoms with Gasteiger partial charge in [0.1, 0.15) is 10.1 Å². The van der Waals surface area contributed by atoms with Gasteiger partial charge in [0.15, 0.2) is 11.6 Å². The number of nitrogens with two attached hydrogens (primary N) is 1. The molecule has 0 aliphatic heterocycles. The number of carbonyl (C=O) groups excluding carboxylic acids is 2. The smallest absolute Gasteiger partial charge is 0.744 e. The Kier molecular flexibility index (Phi) is 5.90. The van der Waals surface area contributed by atoms with Crippen molar-refractivity contribution in [2.45, 2.75) is 4.90 Å². The number of hydrogen-bond donors (Lipinski definition) is 2. The van der Waals surface area contributed by atoms with Crippen molar-refractivity contribution in [3.63, 3.8) is 0 Å². The van der Waals surface area contributed by atoms with Crippen LogP contribution in [0, 0.1) is 0 Å². The Labute approximate surface area is 211 Å². The SMILES string of the molecule is Nc1c(S(=O)(=O)[O-])cc(Nc2ccc3ccccc3c2)c2c1C(=O)c1ccccc1C2=O.[Na+]. The Bertz CT molecular complexity index is 1580. The summed E-state index contributed by atoms with van der Waals surface area (Å²) in [6.45, 7) is 0. The zero-order chi connectivity index (χ0) is 22.6. The van der Waals surface area contributed by atoms with Crippen LogP contribution in [0.3, 0.4) is 0 Å². The summed E-state index contributed by atoms with van der Waals surface area (Å²) in [5.74, 6) is -1.10. The van der Waals surface area contributed by atoms with Crippen LogP contribution >= 0.6 is 0 Å². The largest absolute Gasteiger partial charge is 1.00 e. The van der Waals surface area contributed by atoms with Crippen LogP contribution < -0.4 is 40.6 Å². The molecule has 33 heavy (non-hydrogen) atoms. The topological polar surface area (TPSA) is 129 Å². The summed E-state index contributed by atoms with van der Waals surface area (Å²) >= 11 is 0. The average Bonchev–Trinajstić information content (AvgIpc) is 2.77. The molecule has 0 fully saturated rings. The number of rotatable bonds is 3. The molecule has 0 unspecified atom stereocenters. The van der Waals surface area contributed by atoms with Gasteiger partial charge in [0.05, 0.1) is 27.4 Å². The second-order valence-electron chi connectivity index (χ2n) is 7.43. The predicted octanol–water partition coefficient (Wildman–Crippen LogP) is 0.849. The zero-order valence-corrected chi connectivity index (χ0v) is 20.3. The van der Waals surface area contributed by atoms with E-state index in [1.54, 1.807) is 18.2 Å². The van der Waals surface area contributed by atoms with Gasteiger partial charge in [-0.05, 0) is 29.0 Å². The molecule has 0 saturated carbocycles. The van der Waals surface area contributed by atoms with Crippen molar-refractivity contribution < 1.29 is 52.1 Å². The number of carbonyl (C=O) groups is 2. The number of benzene rings is 4. The van der Waals surface area contributed by atoms with E-state index in [-0.39, 0.29) is 57.5 Å². The van der Waals surface area contributed by atoms with E-state index in [0.717, 1.165) is 16.8 Å². The first-order chi connectivity index (χ1) is 15.3. The Morgan fingerprint density at radius 2 is 1.33 bits per heavy atom. The van der Waals surface area contributed by atoms with Gasteiger partial charge in [-0.3, -0.25) is 9.59 Å². The Hall–Kier alpha value is -3.01. The molecule has 7 nitrogen and oxygen atoms in total. The monoisotopic (exact) mass is 466 g/mol. The van der Waals surface area contributed by atoms with Crippen molar-refractivity contribution in [2.24, 2.45) is 0 Å². The molecule has 5 rings (SSSR count). The number of ketones is 2. The van der Waals surface area contributed by atoms with E-state index in [9.17, 15) is 22.6 Å². The number of hydrogen-bond acceptors (Lipinski definition) is 7. The summed E-state index contributed by atoms with van der Waals surface area (Å²) in [4.78, 5) is 25.7. The molecule has 0 aromatic heterocycles. The van der Waals surface area contributed by atoms with Crippen LogP contribution in [-0.4, -0.2) is 24.5 Å². The normalized spacial score (nSPS) is 12.6. The summed E-state index contributed by atoms with van der Waals surface area (Å²) in [5, 5.41) is 4.91. The summed E-state index contributed by atoms with van der Waals surface area (Å²) in [5.41, 5.74) is 5.94. The van der Waals surface area contributed by atoms with Crippen molar-refractivity contribution in [3.05, 3.63) is 95.1 Å². The van der Waals surface area contributed by atoms with E-state index < -0.39 is 32.3 Å². The van der Waals surface area contributed by atoms with Crippen molar-refractivity contribution in [1.82, 2.24) is 0 Å². The average molecular weight is 466 g/mol. The molecule has 9 heteroatoms. The third-order valence-corrected chi connectivity index (χ3v) is 6.37. The van der Waals surface area contributed by atoms with Crippen LogP contribution in [-0.2, 0) is 10.1 Å². The minimum Gasteiger partial charge on any atom is -0.744 e. The van der Waals surface area contributed by atoms with Crippen LogP contribution in [0.15, 0.2) is 77.7 Å². The summed E-state index contributed by atoms with van der Waals surface area (Å²) in [6, 6.07) is 20.3. The second-order valence-corrected chi connectivity index (χ2v) is 8.78. The number of fused-ring (bicyclic) bond motifs is 3. The number of nitrogen functional groups attached to an aromatic ring is 1. The first-order valence-electron chi connectivity index (χ1n) is 9.62. The molecule has 0 radical (unpaired) electrons. The molecular weight excluding hydrogens is 451 g/mol. The third-order valence-electron chi connectivity index (χ3n) is 5.50. The van der Waals surface area contributed by atoms with Gasteiger partial charge in [-0.2, -0.15) is 0 Å². The Morgan fingerprint density at radius 1 is 0.758 bits per heavy atom. The minimum atomic E-state index is -5.01. The van der Waals surface area contributed by atoms with E-state index in [2.05, 4.69) is 5.32 Å². The number of nitrogens with one attached hydrogen (secondary N) is 1. The van der Waals surface area contributed by atoms with Crippen molar-refractivity contribution in [2.75, 3.05) is 11.1 Å². The van der Waals surface area contributed by atoms with Crippen LogP contribution in [0.1, 0.15) is 31.8 Å². The molecule has 1 aliphatic rings. The van der Waals surface area contributed by atoms with Crippen molar-refractivity contribution in [3.8, 4) is 0 Å². The van der Waals surface area contributed by atoms with Gasteiger partial charge in [-0.15, -0.1) is 0 Å². The maximum Gasteiger partial charge on any atom is 1.00 e. The van der Waals surface area contributed by atoms with E-state index in [1.165, 1.54) is 12.1 Å². The Balaban J connectivity index is 0.00000259. The van der Waals surface area contributed by atoms with Gasteiger partial charge >= 0.3 is 29.6 Å². The fourth-order valence-corrected chi connectivity index (χ4v) is 4.66. The molecule has 158 valence electrons. The first kappa shape index (κ1) is 23.2. The van der Waals surface area contributed by atoms with Crippen molar-refractivity contribution in [1.29, 1.82) is 0 Å². The van der Waals surface area contributed by atoms with Gasteiger partial charge in [0.25, 0.3) is 0 Å². The second kappa shape index (κ2) is 8.40. The molecule has 1 aliphatic carbocycles. The van der Waals surface area contributed by atoms with Crippen LogP contribution in [0.25, 0.3) is 10.8 Å². The fourth-order valence-electron chi connectivity index (χ4n) is 4.02. The molecule has 0 saturated heterocycles. The Morgan fingerprint density at radius 3 is 1.97 bits per heavy atom. The van der Waals surface area contributed by atoms with Gasteiger partial charge in [0, 0.05) is 16.8 Å². The zero-order valence-electron chi connectivity index (χ0n) is 17.5. The van der Waals surface area contributed by atoms with Gasteiger partial charge in [0.2, 0.25) is 0 Å². The van der Waals surface area contributed by atoms with Crippen LogP contribution in [0.2, 0.25) is 0 Å². The maximum atomic E-state index is 13.3. The molecule has 4 aromatic carbocycles. The fraction of sp³-hybridized carbons (Fsp3) is 0. The molecule has 3 N–H and O–H groups in total. The maximum absolute atomic E-state index is 13.3. The van der Waals surface area contributed by atoms with E-state index in [4.69, 9.17) is 5.73 Å². The van der Waals surface area contributed by atoms with E-state index in [1.807, 2.05) is 36.4 Å². The molecule has 0 amide bonds. The van der Waals surface area contributed by atoms with Crippen LogP contribution in [0.5, 0.6) is 0 Å². The third kappa shape index (κ3) is 3.86. The van der Waals surface area contributed by atoms with E-state index >= 15 is 0 Å².